The van der Waals surface area contributed by atoms with Crippen molar-refractivity contribution < 1.29 is 4.39 Å². The van der Waals surface area contributed by atoms with E-state index < -0.39 is 6.17 Å². The minimum Gasteiger partial charge on any atom is -0.349 e. The van der Waals surface area contributed by atoms with Gasteiger partial charge in [0.15, 0.2) is 0 Å². The lowest BCUT2D eigenvalue weighted by atomic mass is 10.2. The Labute approximate surface area is 133 Å². The average Bonchev–Trinajstić information content (AvgIpc) is 3.15. The van der Waals surface area contributed by atoms with Crippen LogP contribution >= 0.6 is 11.5 Å². The minimum absolute atomic E-state index is 0.0730. The fourth-order valence-electron chi connectivity index (χ4n) is 2.70. The number of rotatable bonds is 5. The van der Waals surface area contributed by atoms with Crippen LogP contribution in [0.3, 0.4) is 0 Å². The van der Waals surface area contributed by atoms with Crippen LogP contribution in [0.2, 0.25) is 0 Å². The lowest BCUT2D eigenvalue weighted by molar-refractivity contribution is 0.356. The van der Waals surface area contributed by atoms with Crippen LogP contribution in [0, 0.1) is 0 Å². The van der Waals surface area contributed by atoms with Crippen LogP contribution in [-0.4, -0.2) is 51.7 Å². The van der Waals surface area contributed by atoms with Gasteiger partial charge in [-0.15, -0.1) is 0 Å². The molecular weight excluding hydrogens is 303 g/mol. The maximum absolute atomic E-state index is 13.9. The van der Waals surface area contributed by atoms with Crippen molar-refractivity contribution >= 4 is 22.5 Å². The molecule has 1 saturated heterocycles. The molecule has 2 atom stereocenters. The smallest absolute Gasteiger partial charge is 0.205 e. The van der Waals surface area contributed by atoms with Gasteiger partial charge in [0.05, 0.1) is 12.6 Å². The third kappa shape index (κ3) is 3.16. The molecule has 3 heterocycles. The Morgan fingerprint density at radius 1 is 1.50 bits per heavy atom. The van der Waals surface area contributed by atoms with Gasteiger partial charge >= 0.3 is 0 Å². The number of hydrogen-bond acceptors (Lipinski definition) is 7. The van der Waals surface area contributed by atoms with Gasteiger partial charge in [0.1, 0.15) is 24.1 Å². The van der Waals surface area contributed by atoms with Crippen LogP contribution in [0.4, 0.5) is 15.3 Å². The Bertz CT molecular complexity index is 606. The van der Waals surface area contributed by atoms with Gasteiger partial charge in [-0.2, -0.15) is 4.37 Å². The molecule has 1 aliphatic rings. The molecule has 0 spiro atoms. The molecule has 118 valence electrons. The third-order valence-corrected chi connectivity index (χ3v) is 4.68. The molecule has 8 heteroatoms. The van der Waals surface area contributed by atoms with E-state index in [1.165, 1.54) is 17.9 Å². The van der Waals surface area contributed by atoms with Crippen molar-refractivity contribution in [1.29, 1.82) is 0 Å². The van der Waals surface area contributed by atoms with Gasteiger partial charge in [0, 0.05) is 44.2 Å². The number of halogens is 1. The zero-order chi connectivity index (χ0) is 15.5. The fraction of sp³-hybridized carbons (Fsp3) is 0.571. The van der Waals surface area contributed by atoms with Gasteiger partial charge < -0.3 is 9.80 Å². The minimum atomic E-state index is -0.825. The van der Waals surface area contributed by atoms with Gasteiger partial charge in [-0.1, -0.05) is 6.92 Å². The summed E-state index contributed by atoms with van der Waals surface area (Å²) in [5.41, 5.74) is 0. The van der Waals surface area contributed by atoms with Crippen LogP contribution in [0.15, 0.2) is 18.6 Å². The van der Waals surface area contributed by atoms with E-state index in [2.05, 4.69) is 19.3 Å². The van der Waals surface area contributed by atoms with E-state index in [-0.39, 0.29) is 6.04 Å². The normalized spacial score (nSPS) is 21.3. The predicted octanol–water partition coefficient (Wildman–Crippen LogP) is 1.94. The van der Waals surface area contributed by atoms with Gasteiger partial charge in [0.2, 0.25) is 5.13 Å². The summed E-state index contributed by atoms with van der Waals surface area (Å²) in [6.45, 7) is 3.11. The molecule has 1 aliphatic heterocycles. The van der Waals surface area contributed by atoms with Crippen molar-refractivity contribution in [3.8, 4) is 0 Å². The standard InChI is InChI=1S/C14H19FN6S/c1-3-12-18-14(22-19-12)20(2)8-11-6-10(15)7-21(11)13-4-5-16-9-17-13/h4-5,9-11H,3,6-8H2,1-2H3/t10-,11-/m0/s1. The Morgan fingerprint density at radius 3 is 3.05 bits per heavy atom. The van der Waals surface area contributed by atoms with E-state index in [1.807, 2.05) is 29.8 Å². The summed E-state index contributed by atoms with van der Waals surface area (Å²) in [6, 6.07) is 1.90. The van der Waals surface area contributed by atoms with E-state index in [4.69, 9.17) is 0 Å². The monoisotopic (exact) mass is 322 g/mol. The van der Waals surface area contributed by atoms with Gasteiger partial charge in [0.25, 0.3) is 0 Å². The van der Waals surface area contributed by atoms with Crippen LogP contribution < -0.4 is 9.80 Å². The van der Waals surface area contributed by atoms with Crippen LogP contribution in [-0.2, 0) is 6.42 Å². The first-order valence-corrected chi connectivity index (χ1v) is 8.15. The topological polar surface area (TPSA) is 58.0 Å². The largest absolute Gasteiger partial charge is 0.349 e. The number of likely N-dealkylation sites (N-methyl/N-ethyl adjacent to an activating group) is 1. The fourth-order valence-corrected chi connectivity index (χ4v) is 3.42. The van der Waals surface area contributed by atoms with Crippen molar-refractivity contribution in [2.45, 2.75) is 32.0 Å². The first-order valence-electron chi connectivity index (χ1n) is 7.37. The van der Waals surface area contributed by atoms with E-state index in [0.29, 0.717) is 19.5 Å². The summed E-state index contributed by atoms with van der Waals surface area (Å²) in [6.07, 6.45) is 3.70. The second-order valence-electron chi connectivity index (χ2n) is 5.43. The van der Waals surface area contributed by atoms with Crippen molar-refractivity contribution in [2.24, 2.45) is 0 Å². The lowest BCUT2D eigenvalue weighted by Gasteiger charge is -2.28. The van der Waals surface area contributed by atoms with Crippen molar-refractivity contribution in [3.05, 3.63) is 24.4 Å². The van der Waals surface area contributed by atoms with Gasteiger partial charge in [-0.25, -0.2) is 19.3 Å². The molecule has 0 N–H and O–H groups in total. The van der Waals surface area contributed by atoms with E-state index in [9.17, 15) is 4.39 Å². The summed E-state index contributed by atoms with van der Waals surface area (Å²) in [5.74, 6) is 1.63. The molecule has 6 nitrogen and oxygen atoms in total. The Balaban J connectivity index is 1.72. The summed E-state index contributed by atoms with van der Waals surface area (Å²) < 4.78 is 18.2. The van der Waals surface area contributed by atoms with Crippen molar-refractivity contribution in [1.82, 2.24) is 19.3 Å². The van der Waals surface area contributed by atoms with Crippen LogP contribution in [0.5, 0.6) is 0 Å². The maximum Gasteiger partial charge on any atom is 0.205 e. The molecule has 0 bridgehead atoms. The summed E-state index contributed by atoms with van der Waals surface area (Å²) >= 11 is 1.39. The van der Waals surface area contributed by atoms with E-state index in [0.717, 1.165) is 23.2 Å². The second kappa shape index (κ2) is 6.51. The van der Waals surface area contributed by atoms with Crippen LogP contribution in [0.25, 0.3) is 0 Å². The van der Waals surface area contributed by atoms with Crippen molar-refractivity contribution in [2.75, 3.05) is 29.9 Å². The van der Waals surface area contributed by atoms with Crippen LogP contribution in [0.1, 0.15) is 19.2 Å². The maximum atomic E-state index is 13.9. The quantitative estimate of drug-likeness (QED) is 0.838. The third-order valence-electron chi connectivity index (χ3n) is 3.81. The van der Waals surface area contributed by atoms with E-state index in [1.54, 1.807) is 6.20 Å². The molecule has 1 fully saturated rings. The van der Waals surface area contributed by atoms with Crippen molar-refractivity contribution in [3.63, 3.8) is 0 Å². The molecule has 0 radical (unpaired) electrons. The number of aryl methyl sites for hydroxylation is 1. The Morgan fingerprint density at radius 2 is 2.36 bits per heavy atom. The second-order valence-corrected chi connectivity index (χ2v) is 6.16. The molecule has 0 amide bonds. The molecule has 2 aromatic rings. The Hall–Kier alpha value is -1.83. The summed E-state index contributed by atoms with van der Waals surface area (Å²) in [5, 5.41) is 0.877. The summed E-state index contributed by atoms with van der Waals surface area (Å²) in [7, 11) is 1.98. The highest BCUT2D eigenvalue weighted by molar-refractivity contribution is 7.09. The number of anilines is 2. The SMILES string of the molecule is CCc1nsc(N(C)C[C@@H]2C[C@H](F)CN2c2ccncn2)n1. The van der Waals surface area contributed by atoms with Gasteiger partial charge in [-0.3, -0.25) is 0 Å². The van der Waals surface area contributed by atoms with Gasteiger partial charge in [-0.05, 0) is 6.07 Å². The highest BCUT2D eigenvalue weighted by Gasteiger charge is 2.34. The average molecular weight is 322 g/mol. The first kappa shape index (κ1) is 15.1. The van der Waals surface area contributed by atoms with E-state index >= 15 is 0 Å². The number of alkyl halides is 1. The highest BCUT2D eigenvalue weighted by Crippen LogP contribution is 2.27. The molecule has 22 heavy (non-hydrogen) atoms. The molecule has 0 aromatic carbocycles. The molecule has 2 aromatic heterocycles. The lowest BCUT2D eigenvalue weighted by Crippen LogP contribution is -2.39. The number of aromatic nitrogens is 4. The summed E-state index contributed by atoms with van der Waals surface area (Å²) in [4.78, 5) is 16.7. The first-order chi connectivity index (χ1) is 10.7. The molecule has 0 saturated carbocycles. The molecule has 0 unspecified atom stereocenters. The number of hydrogen-bond donors (Lipinski definition) is 0. The Kier molecular flexibility index (Phi) is 4.47. The molecule has 3 rings (SSSR count). The zero-order valence-electron chi connectivity index (χ0n) is 12.7. The molecular formula is C14H19FN6S. The predicted molar refractivity (Wildman–Crippen MR) is 85.2 cm³/mol. The highest BCUT2D eigenvalue weighted by atomic mass is 32.1. The zero-order valence-corrected chi connectivity index (χ0v) is 13.5. The number of nitrogens with zero attached hydrogens (tertiary/aromatic N) is 6. The molecule has 0 aliphatic carbocycles.